The minimum atomic E-state index is 0.505. The Morgan fingerprint density at radius 3 is 2.50 bits per heavy atom. The first-order valence-electron chi connectivity index (χ1n) is 6.91. The standard InChI is InChI=1S/C15H21N3/c1-18(14-9-5-3-2-4-6-10-14)15-11-7-8-13(12-16)17-15/h7-8,11,14H,2-6,9-10H2,1H3. The van der Waals surface area contributed by atoms with Crippen molar-refractivity contribution in [2.45, 2.75) is 51.0 Å². The van der Waals surface area contributed by atoms with Gasteiger partial charge in [-0.05, 0) is 25.0 Å². The van der Waals surface area contributed by atoms with E-state index in [-0.39, 0.29) is 0 Å². The normalized spacial score (nSPS) is 17.6. The lowest BCUT2D eigenvalue weighted by molar-refractivity contribution is 0.439. The monoisotopic (exact) mass is 243 g/mol. The molecule has 0 amide bonds. The van der Waals surface area contributed by atoms with Crippen molar-refractivity contribution >= 4 is 5.82 Å². The highest BCUT2D eigenvalue weighted by Crippen LogP contribution is 2.23. The molecular formula is C15H21N3. The number of anilines is 1. The topological polar surface area (TPSA) is 39.9 Å². The van der Waals surface area contributed by atoms with Crippen LogP contribution in [0.2, 0.25) is 0 Å². The fourth-order valence-corrected chi connectivity index (χ4v) is 2.69. The Morgan fingerprint density at radius 2 is 1.83 bits per heavy atom. The average Bonchev–Trinajstić information content (AvgIpc) is 2.38. The van der Waals surface area contributed by atoms with Crippen molar-refractivity contribution in [2.24, 2.45) is 0 Å². The van der Waals surface area contributed by atoms with E-state index in [2.05, 4.69) is 23.0 Å². The Morgan fingerprint density at radius 1 is 1.17 bits per heavy atom. The quantitative estimate of drug-likeness (QED) is 0.798. The van der Waals surface area contributed by atoms with E-state index in [1.54, 1.807) is 6.07 Å². The fourth-order valence-electron chi connectivity index (χ4n) is 2.69. The zero-order valence-electron chi connectivity index (χ0n) is 11.1. The van der Waals surface area contributed by atoms with Crippen LogP contribution in [0.3, 0.4) is 0 Å². The minimum Gasteiger partial charge on any atom is -0.357 e. The van der Waals surface area contributed by atoms with Crippen molar-refractivity contribution in [3.8, 4) is 6.07 Å². The molecule has 1 heterocycles. The van der Waals surface area contributed by atoms with Crippen LogP contribution in [0, 0.1) is 11.3 Å². The van der Waals surface area contributed by atoms with E-state index >= 15 is 0 Å². The van der Waals surface area contributed by atoms with E-state index in [1.807, 2.05) is 12.1 Å². The van der Waals surface area contributed by atoms with Crippen molar-refractivity contribution in [2.75, 3.05) is 11.9 Å². The lowest BCUT2D eigenvalue weighted by atomic mass is 9.96. The van der Waals surface area contributed by atoms with Gasteiger partial charge >= 0.3 is 0 Å². The van der Waals surface area contributed by atoms with E-state index in [0.717, 1.165) is 5.82 Å². The zero-order valence-corrected chi connectivity index (χ0v) is 11.1. The van der Waals surface area contributed by atoms with Crippen LogP contribution in [0.1, 0.15) is 50.6 Å². The van der Waals surface area contributed by atoms with Crippen molar-refractivity contribution in [1.29, 1.82) is 5.26 Å². The summed E-state index contributed by atoms with van der Waals surface area (Å²) in [6.45, 7) is 0. The molecule has 0 unspecified atom stereocenters. The molecule has 0 atom stereocenters. The first-order valence-corrected chi connectivity index (χ1v) is 6.91. The SMILES string of the molecule is CN(c1cccc(C#N)n1)C1CCCCCCC1. The molecule has 1 aromatic rings. The summed E-state index contributed by atoms with van der Waals surface area (Å²) in [6.07, 6.45) is 9.22. The number of rotatable bonds is 2. The third-order valence-electron chi connectivity index (χ3n) is 3.83. The number of pyridine rings is 1. The van der Waals surface area contributed by atoms with Crippen LogP contribution in [-0.2, 0) is 0 Å². The second kappa shape index (κ2) is 6.39. The Hall–Kier alpha value is -1.56. The molecule has 0 spiro atoms. The van der Waals surface area contributed by atoms with Crippen LogP contribution in [-0.4, -0.2) is 18.1 Å². The molecule has 0 aliphatic heterocycles. The maximum absolute atomic E-state index is 8.91. The molecule has 3 nitrogen and oxygen atoms in total. The van der Waals surface area contributed by atoms with Crippen LogP contribution in [0.25, 0.3) is 0 Å². The van der Waals surface area contributed by atoms with Gasteiger partial charge in [-0.2, -0.15) is 5.26 Å². The number of nitriles is 1. The molecule has 0 bridgehead atoms. The Kier molecular flexibility index (Phi) is 4.58. The summed E-state index contributed by atoms with van der Waals surface area (Å²) in [5.74, 6) is 0.930. The molecule has 1 aromatic heterocycles. The van der Waals surface area contributed by atoms with Gasteiger partial charge in [0.1, 0.15) is 17.6 Å². The van der Waals surface area contributed by atoms with Crippen molar-refractivity contribution in [3.63, 3.8) is 0 Å². The van der Waals surface area contributed by atoms with Crippen molar-refractivity contribution < 1.29 is 0 Å². The Bertz CT molecular complexity index is 414. The van der Waals surface area contributed by atoms with E-state index in [0.29, 0.717) is 11.7 Å². The summed E-state index contributed by atoms with van der Waals surface area (Å²) < 4.78 is 0. The second-order valence-electron chi connectivity index (χ2n) is 5.10. The molecule has 1 aliphatic carbocycles. The van der Waals surface area contributed by atoms with Gasteiger partial charge in [-0.3, -0.25) is 0 Å². The summed E-state index contributed by atoms with van der Waals surface area (Å²) >= 11 is 0. The van der Waals surface area contributed by atoms with E-state index in [9.17, 15) is 0 Å². The fraction of sp³-hybridized carbons (Fsp3) is 0.600. The maximum Gasteiger partial charge on any atom is 0.142 e. The Balaban J connectivity index is 2.08. The first kappa shape index (κ1) is 12.9. The van der Waals surface area contributed by atoms with Crippen LogP contribution in [0.15, 0.2) is 18.2 Å². The third kappa shape index (κ3) is 3.22. The number of hydrogen-bond acceptors (Lipinski definition) is 3. The van der Waals surface area contributed by atoms with E-state index in [1.165, 1.54) is 44.9 Å². The summed E-state index contributed by atoms with van der Waals surface area (Å²) in [5.41, 5.74) is 0.505. The van der Waals surface area contributed by atoms with Gasteiger partial charge in [0.25, 0.3) is 0 Å². The van der Waals surface area contributed by atoms with Crippen LogP contribution >= 0.6 is 0 Å². The largest absolute Gasteiger partial charge is 0.357 e. The van der Waals surface area contributed by atoms with Gasteiger partial charge in [-0.25, -0.2) is 4.98 Å². The summed E-state index contributed by atoms with van der Waals surface area (Å²) in [4.78, 5) is 6.64. The van der Waals surface area contributed by atoms with Crippen molar-refractivity contribution in [1.82, 2.24) is 4.98 Å². The molecule has 0 radical (unpaired) electrons. The van der Waals surface area contributed by atoms with E-state index < -0.39 is 0 Å². The van der Waals surface area contributed by atoms with Gasteiger partial charge in [0.05, 0.1) is 0 Å². The highest BCUT2D eigenvalue weighted by atomic mass is 15.2. The predicted molar refractivity (Wildman–Crippen MR) is 73.5 cm³/mol. The van der Waals surface area contributed by atoms with Crippen LogP contribution < -0.4 is 4.90 Å². The number of nitrogens with zero attached hydrogens (tertiary/aromatic N) is 3. The molecule has 2 rings (SSSR count). The first-order chi connectivity index (χ1) is 8.81. The zero-order chi connectivity index (χ0) is 12.8. The molecule has 3 heteroatoms. The van der Waals surface area contributed by atoms with Gasteiger partial charge in [0.2, 0.25) is 0 Å². The second-order valence-corrected chi connectivity index (χ2v) is 5.10. The highest BCUT2D eigenvalue weighted by molar-refractivity contribution is 5.41. The number of aromatic nitrogens is 1. The number of hydrogen-bond donors (Lipinski definition) is 0. The van der Waals surface area contributed by atoms with Gasteiger partial charge in [-0.15, -0.1) is 0 Å². The third-order valence-corrected chi connectivity index (χ3v) is 3.83. The van der Waals surface area contributed by atoms with Gasteiger partial charge in [-0.1, -0.05) is 38.2 Å². The summed E-state index contributed by atoms with van der Waals surface area (Å²) in [7, 11) is 2.11. The average molecular weight is 243 g/mol. The summed E-state index contributed by atoms with van der Waals surface area (Å²) in [5, 5.41) is 8.91. The lowest BCUT2D eigenvalue weighted by Crippen LogP contribution is -2.32. The molecule has 96 valence electrons. The molecule has 1 aliphatic rings. The molecular weight excluding hydrogens is 222 g/mol. The molecule has 0 aromatic carbocycles. The van der Waals surface area contributed by atoms with Gasteiger partial charge in [0.15, 0.2) is 0 Å². The minimum absolute atomic E-state index is 0.505. The molecule has 1 fully saturated rings. The van der Waals surface area contributed by atoms with Crippen LogP contribution in [0.4, 0.5) is 5.82 Å². The maximum atomic E-state index is 8.91. The van der Waals surface area contributed by atoms with Crippen molar-refractivity contribution in [3.05, 3.63) is 23.9 Å². The van der Waals surface area contributed by atoms with Gasteiger partial charge < -0.3 is 4.90 Å². The Labute approximate surface area is 109 Å². The van der Waals surface area contributed by atoms with Gasteiger partial charge in [0, 0.05) is 13.1 Å². The highest BCUT2D eigenvalue weighted by Gasteiger charge is 2.17. The smallest absolute Gasteiger partial charge is 0.142 e. The van der Waals surface area contributed by atoms with E-state index in [4.69, 9.17) is 5.26 Å². The molecule has 0 N–H and O–H groups in total. The summed E-state index contributed by atoms with van der Waals surface area (Å²) in [6, 6.07) is 8.36. The molecule has 18 heavy (non-hydrogen) atoms. The predicted octanol–water partition coefficient (Wildman–Crippen LogP) is 3.50. The molecule has 1 saturated carbocycles. The van der Waals surface area contributed by atoms with Crippen LogP contribution in [0.5, 0.6) is 0 Å². The lowest BCUT2D eigenvalue weighted by Gasteiger charge is -2.30. The molecule has 0 saturated heterocycles.